The maximum Gasteiger partial charge on any atom is 0.248 e. The quantitative estimate of drug-likeness (QED) is 0.0735. The van der Waals surface area contributed by atoms with Gasteiger partial charge in [0.25, 0.3) is 0 Å². The molecular weight excluding hydrogens is 740 g/mol. The summed E-state index contributed by atoms with van der Waals surface area (Å²) in [5.41, 5.74) is 9.13. The SMILES string of the molecule is C#CCOCCOCCOCCNc1nc(N2CCOCC2)nc(N2CCN(C(=O)[C@H](Cc3cc4ccccc4[nH]3)n3cc([C@@H](N)CC(C)C)nn3)CC2)n1.[Cl-]. The van der Waals surface area contributed by atoms with Crippen molar-refractivity contribution in [3.8, 4) is 12.3 Å². The van der Waals surface area contributed by atoms with Gasteiger partial charge in [0, 0.05) is 63.4 Å². The molecule has 0 bridgehead atoms. The van der Waals surface area contributed by atoms with E-state index in [9.17, 15) is 4.79 Å². The number of halogens is 1. The van der Waals surface area contributed by atoms with Gasteiger partial charge in [0.15, 0.2) is 0 Å². The molecule has 6 rings (SSSR count). The molecule has 2 fully saturated rings. The maximum atomic E-state index is 14.4. The van der Waals surface area contributed by atoms with Gasteiger partial charge in [0.05, 0.1) is 64.2 Å². The monoisotopic (exact) mass is 793 g/mol. The van der Waals surface area contributed by atoms with Crippen LogP contribution in [0.1, 0.15) is 43.7 Å². The first-order valence-electron chi connectivity index (χ1n) is 19.1. The van der Waals surface area contributed by atoms with Crippen molar-refractivity contribution >= 4 is 34.7 Å². The first-order valence-corrected chi connectivity index (χ1v) is 19.1. The molecule has 0 aliphatic carbocycles. The third kappa shape index (κ3) is 12.0. The van der Waals surface area contributed by atoms with Crippen LogP contribution < -0.4 is 33.3 Å². The molecule has 17 nitrogen and oxygen atoms in total. The van der Waals surface area contributed by atoms with Crippen LogP contribution in [0.3, 0.4) is 0 Å². The molecule has 1 amide bonds. The van der Waals surface area contributed by atoms with Crippen molar-refractivity contribution < 1.29 is 36.1 Å². The number of aromatic amines is 1. The number of nitrogens with zero attached hydrogens (tertiary/aromatic N) is 9. The third-order valence-electron chi connectivity index (χ3n) is 9.48. The van der Waals surface area contributed by atoms with Crippen molar-refractivity contribution in [2.75, 3.05) is 114 Å². The molecule has 18 heteroatoms. The minimum Gasteiger partial charge on any atom is -1.00 e. The maximum absolute atomic E-state index is 14.4. The van der Waals surface area contributed by atoms with Crippen molar-refractivity contribution in [2.24, 2.45) is 11.7 Å². The lowest BCUT2D eigenvalue weighted by atomic mass is 10.0. The summed E-state index contributed by atoms with van der Waals surface area (Å²) in [6.45, 7) is 12.0. The summed E-state index contributed by atoms with van der Waals surface area (Å²) in [4.78, 5) is 38.4. The lowest BCUT2D eigenvalue weighted by molar-refractivity contribution is -0.135. The highest BCUT2D eigenvalue weighted by atomic mass is 35.5. The van der Waals surface area contributed by atoms with Crippen molar-refractivity contribution in [2.45, 2.75) is 38.8 Å². The second kappa shape index (κ2) is 21.7. The van der Waals surface area contributed by atoms with Gasteiger partial charge in [-0.1, -0.05) is 43.2 Å². The topological polar surface area (TPSA) is 187 Å². The molecule has 2 atom stereocenters. The van der Waals surface area contributed by atoms with Crippen LogP contribution in [0.2, 0.25) is 0 Å². The molecular formula is C38H54ClN12O5-. The number of carbonyl (C=O) groups excluding carboxylic acids is 1. The van der Waals surface area contributed by atoms with E-state index in [-0.39, 0.29) is 31.0 Å². The normalized spacial score (nSPS) is 15.8. The van der Waals surface area contributed by atoms with Crippen molar-refractivity contribution in [3.63, 3.8) is 0 Å². The molecule has 3 aromatic heterocycles. The Bertz CT molecular complexity index is 1800. The second-order valence-electron chi connectivity index (χ2n) is 14.0. The number of aromatic nitrogens is 7. The number of benzene rings is 1. The summed E-state index contributed by atoms with van der Waals surface area (Å²) in [6, 6.07) is 9.33. The number of piperazine rings is 1. The average molecular weight is 794 g/mol. The Labute approximate surface area is 334 Å². The number of fused-ring (bicyclic) bond motifs is 1. The lowest BCUT2D eigenvalue weighted by Gasteiger charge is -2.36. The van der Waals surface area contributed by atoms with Gasteiger partial charge >= 0.3 is 0 Å². The Hall–Kier alpha value is -4.57. The van der Waals surface area contributed by atoms with E-state index in [4.69, 9.17) is 46.1 Å². The number of H-pyrrole nitrogens is 1. The van der Waals surface area contributed by atoms with Crippen LogP contribution in [0.25, 0.3) is 10.9 Å². The highest BCUT2D eigenvalue weighted by molar-refractivity contribution is 5.83. The Morgan fingerprint density at radius 1 is 0.964 bits per heavy atom. The summed E-state index contributed by atoms with van der Waals surface area (Å²) in [5, 5.41) is 13.2. The molecule has 2 aliphatic rings. The van der Waals surface area contributed by atoms with Gasteiger partial charge in [-0.05, 0) is 29.9 Å². The van der Waals surface area contributed by atoms with Crippen LogP contribution in [0.4, 0.5) is 17.8 Å². The fourth-order valence-electron chi connectivity index (χ4n) is 6.61. The van der Waals surface area contributed by atoms with E-state index < -0.39 is 6.04 Å². The van der Waals surface area contributed by atoms with Crippen molar-refractivity contribution in [3.05, 3.63) is 47.9 Å². The van der Waals surface area contributed by atoms with Gasteiger partial charge in [-0.15, -0.1) is 11.5 Å². The Morgan fingerprint density at radius 2 is 1.64 bits per heavy atom. The zero-order valence-corrected chi connectivity index (χ0v) is 33.1. The first-order chi connectivity index (χ1) is 26.9. The van der Waals surface area contributed by atoms with Crippen molar-refractivity contribution in [1.82, 2.24) is 39.8 Å². The molecule has 0 saturated carbocycles. The van der Waals surface area contributed by atoms with E-state index in [1.54, 1.807) is 4.68 Å². The number of rotatable bonds is 20. The summed E-state index contributed by atoms with van der Waals surface area (Å²) >= 11 is 0. The van der Waals surface area contributed by atoms with Crippen LogP contribution in [-0.2, 0) is 30.2 Å². The number of hydrogen-bond acceptors (Lipinski definition) is 14. The molecule has 4 N–H and O–H groups in total. The number of nitrogens with two attached hydrogens (primary N) is 1. The van der Waals surface area contributed by atoms with E-state index in [2.05, 4.69) is 62.3 Å². The molecule has 56 heavy (non-hydrogen) atoms. The summed E-state index contributed by atoms with van der Waals surface area (Å²) in [5.74, 6) is 4.42. The number of nitrogens with one attached hydrogen (secondary N) is 2. The molecule has 0 radical (unpaired) electrons. The number of morpholine rings is 1. The lowest BCUT2D eigenvalue weighted by Crippen LogP contribution is -3.00. The van der Waals surface area contributed by atoms with E-state index in [1.807, 2.05) is 29.3 Å². The van der Waals surface area contributed by atoms with Crippen LogP contribution >= 0.6 is 0 Å². The highest BCUT2D eigenvalue weighted by Gasteiger charge is 2.32. The molecule has 5 heterocycles. The van der Waals surface area contributed by atoms with Gasteiger partial charge in [-0.2, -0.15) is 15.0 Å². The predicted molar refractivity (Wildman–Crippen MR) is 209 cm³/mol. The Morgan fingerprint density at radius 3 is 2.34 bits per heavy atom. The Kier molecular flexibility index (Phi) is 16.5. The number of terminal acetylenes is 1. The zero-order chi connectivity index (χ0) is 38.4. The molecule has 304 valence electrons. The van der Waals surface area contributed by atoms with Gasteiger partial charge < -0.3 is 62.1 Å². The minimum atomic E-state index is -0.602. The average Bonchev–Trinajstić information content (AvgIpc) is 3.87. The van der Waals surface area contributed by atoms with E-state index in [0.717, 1.165) is 23.0 Å². The van der Waals surface area contributed by atoms with E-state index >= 15 is 0 Å². The standard InChI is InChI=1S/C38H54N12O5.ClH/c1-4-16-52-20-22-55-23-21-53-17-9-40-36-42-37(44-38(43-36)49-14-18-54-19-15-49)48-12-10-47(11-13-48)35(51)34(26-30-25-29-7-5-6-8-32(29)41-30)50-27-33(45-46-50)31(39)24-28(2)3;/h1,5-8,25,27-28,31,34,41H,9-24,26,39H2,2-3H3,(H,40,42,43,44);1H/p-1/t31-,34-;/m0./s1. The number of ether oxygens (including phenoxy) is 4. The number of hydrogen-bond donors (Lipinski definition) is 3. The van der Waals surface area contributed by atoms with Crippen molar-refractivity contribution in [1.29, 1.82) is 0 Å². The fraction of sp³-hybridized carbons (Fsp3) is 0.579. The number of anilines is 3. The highest BCUT2D eigenvalue weighted by Crippen LogP contribution is 2.25. The van der Waals surface area contributed by atoms with Gasteiger partial charge in [-0.25, -0.2) is 4.68 Å². The zero-order valence-electron chi connectivity index (χ0n) is 32.3. The van der Waals surface area contributed by atoms with E-state index in [1.165, 1.54) is 0 Å². The van der Waals surface area contributed by atoms with Crippen LogP contribution in [0.15, 0.2) is 36.5 Å². The van der Waals surface area contributed by atoms with Crippen LogP contribution in [0.5, 0.6) is 0 Å². The van der Waals surface area contributed by atoms with Gasteiger partial charge in [0.2, 0.25) is 23.8 Å². The summed E-state index contributed by atoms with van der Waals surface area (Å²) in [6.07, 6.45) is 8.21. The third-order valence-corrected chi connectivity index (χ3v) is 9.48. The Balaban J connectivity index is 0.00000600. The predicted octanol–water partition coefficient (Wildman–Crippen LogP) is -0.942. The van der Waals surface area contributed by atoms with Crippen LogP contribution in [-0.4, -0.2) is 144 Å². The minimum absolute atomic E-state index is 0. The summed E-state index contributed by atoms with van der Waals surface area (Å²) < 4.78 is 23.7. The second-order valence-corrected chi connectivity index (χ2v) is 14.0. The molecule has 2 saturated heterocycles. The number of para-hydroxylation sites is 1. The van der Waals surface area contributed by atoms with Gasteiger partial charge in [-0.3, -0.25) is 4.79 Å². The fourth-order valence-corrected chi connectivity index (χ4v) is 6.61. The molecule has 4 aromatic rings. The molecule has 2 aliphatic heterocycles. The smallest absolute Gasteiger partial charge is 0.248 e. The van der Waals surface area contributed by atoms with Crippen LogP contribution in [0, 0.1) is 18.3 Å². The number of carbonyl (C=O) groups is 1. The summed E-state index contributed by atoms with van der Waals surface area (Å²) in [7, 11) is 0. The molecule has 1 aromatic carbocycles. The largest absolute Gasteiger partial charge is 1.00 e. The molecule has 0 spiro atoms. The number of amides is 1. The van der Waals surface area contributed by atoms with E-state index in [0.29, 0.717) is 128 Å². The van der Waals surface area contributed by atoms with Gasteiger partial charge in [0.1, 0.15) is 12.6 Å². The first kappa shape index (κ1) is 42.6. The molecule has 0 unspecified atom stereocenters.